The number of benzene rings is 1. The van der Waals surface area contributed by atoms with E-state index in [1.54, 1.807) is 7.11 Å². The predicted octanol–water partition coefficient (Wildman–Crippen LogP) is 2.56. The van der Waals surface area contributed by atoms with Crippen LogP contribution in [0.1, 0.15) is 24.1 Å². The lowest BCUT2D eigenvalue weighted by Crippen LogP contribution is -2.28. The smallest absolute Gasteiger partial charge is 0.122 e. The van der Waals surface area contributed by atoms with Gasteiger partial charge < -0.3 is 10.1 Å². The second-order valence-electron chi connectivity index (χ2n) is 3.57. The normalized spacial score (nSPS) is 20.4. The Morgan fingerprint density at radius 3 is 3.00 bits per heavy atom. The minimum Gasteiger partial charge on any atom is -0.496 e. The maximum Gasteiger partial charge on any atom is 0.122 e. The van der Waals surface area contributed by atoms with E-state index < -0.39 is 0 Å². The van der Waals surface area contributed by atoms with Crippen molar-refractivity contribution in [2.75, 3.05) is 13.7 Å². The molecule has 0 spiro atoms. The molecule has 1 aliphatic heterocycles. The topological polar surface area (TPSA) is 21.3 Å². The lowest BCUT2D eigenvalue weighted by atomic mass is 9.94. The fourth-order valence-electron chi connectivity index (χ4n) is 2.05. The highest BCUT2D eigenvalue weighted by Gasteiger charge is 2.21. The lowest BCUT2D eigenvalue weighted by Gasteiger charge is -2.26. The van der Waals surface area contributed by atoms with Crippen molar-refractivity contribution in [1.29, 1.82) is 0 Å². The van der Waals surface area contributed by atoms with Gasteiger partial charge in [0.15, 0.2) is 0 Å². The molecule has 0 amide bonds. The molecular formula is C11H14ClNO. The molecule has 2 nitrogen and oxygen atoms in total. The van der Waals surface area contributed by atoms with Crippen LogP contribution in [-0.2, 0) is 6.42 Å². The van der Waals surface area contributed by atoms with E-state index in [0.717, 1.165) is 23.7 Å². The Bertz CT molecular complexity index is 351. The standard InChI is InChI=1S/C11H14ClNO/c1-7-11-8(5-6-13-7)10(14-2)4-3-9(11)12/h3-4,7,13H,5-6H2,1-2H3/t7-/m1/s1. The highest BCUT2D eigenvalue weighted by atomic mass is 35.5. The molecule has 3 heteroatoms. The molecule has 1 aromatic carbocycles. The van der Waals surface area contributed by atoms with E-state index in [1.807, 2.05) is 12.1 Å². The van der Waals surface area contributed by atoms with Crippen LogP contribution in [0, 0.1) is 0 Å². The van der Waals surface area contributed by atoms with Crippen LogP contribution in [0.2, 0.25) is 5.02 Å². The number of fused-ring (bicyclic) bond motifs is 1. The molecule has 0 radical (unpaired) electrons. The van der Waals surface area contributed by atoms with Crippen LogP contribution >= 0.6 is 11.6 Å². The highest BCUT2D eigenvalue weighted by molar-refractivity contribution is 6.31. The third kappa shape index (κ3) is 1.49. The number of halogens is 1. The largest absolute Gasteiger partial charge is 0.496 e. The maximum absolute atomic E-state index is 6.17. The van der Waals surface area contributed by atoms with Crippen molar-refractivity contribution in [3.05, 3.63) is 28.3 Å². The van der Waals surface area contributed by atoms with Gasteiger partial charge in [-0.2, -0.15) is 0 Å². The minimum absolute atomic E-state index is 0.321. The summed E-state index contributed by atoms with van der Waals surface area (Å²) in [5.41, 5.74) is 2.45. The Morgan fingerprint density at radius 1 is 1.50 bits per heavy atom. The first-order valence-electron chi connectivity index (χ1n) is 4.82. The summed E-state index contributed by atoms with van der Waals surface area (Å²) in [6.45, 7) is 3.12. The molecule has 0 aromatic heterocycles. The first-order chi connectivity index (χ1) is 6.74. The predicted molar refractivity (Wildman–Crippen MR) is 58.1 cm³/mol. The van der Waals surface area contributed by atoms with Crippen molar-refractivity contribution in [2.24, 2.45) is 0 Å². The van der Waals surface area contributed by atoms with E-state index in [4.69, 9.17) is 16.3 Å². The van der Waals surface area contributed by atoms with Gasteiger partial charge in [0, 0.05) is 16.6 Å². The molecule has 1 aliphatic rings. The van der Waals surface area contributed by atoms with Crippen molar-refractivity contribution in [3.8, 4) is 5.75 Å². The molecule has 2 rings (SSSR count). The third-order valence-electron chi connectivity index (χ3n) is 2.74. The van der Waals surface area contributed by atoms with Gasteiger partial charge in [0.1, 0.15) is 5.75 Å². The molecule has 76 valence electrons. The first kappa shape index (κ1) is 9.81. The fourth-order valence-corrected chi connectivity index (χ4v) is 2.39. The molecule has 1 atom stereocenters. The number of hydrogen-bond acceptors (Lipinski definition) is 2. The zero-order valence-corrected chi connectivity index (χ0v) is 9.19. The fraction of sp³-hybridized carbons (Fsp3) is 0.455. The van der Waals surface area contributed by atoms with Gasteiger partial charge in [0.05, 0.1) is 7.11 Å². The Balaban J connectivity index is 2.57. The molecule has 0 fully saturated rings. The van der Waals surface area contributed by atoms with Crippen LogP contribution in [-0.4, -0.2) is 13.7 Å². The van der Waals surface area contributed by atoms with Crippen LogP contribution < -0.4 is 10.1 Å². The van der Waals surface area contributed by atoms with Gasteiger partial charge in [-0.25, -0.2) is 0 Å². The molecular weight excluding hydrogens is 198 g/mol. The molecule has 0 unspecified atom stereocenters. The van der Waals surface area contributed by atoms with Crippen molar-refractivity contribution >= 4 is 11.6 Å². The summed E-state index contributed by atoms with van der Waals surface area (Å²) in [6, 6.07) is 4.17. The molecule has 1 heterocycles. The van der Waals surface area contributed by atoms with Crippen LogP contribution in [0.25, 0.3) is 0 Å². The summed E-state index contributed by atoms with van der Waals surface area (Å²) in [4.78, 5) is 0. The number of rotatable bonds is 1. The molecule has 1 aromatic rings. The summed E-state index contributed by atoms with van der Waals surface area (Å²) >= 11 is 6.17. The van der Waals surface area contributed by atoms with Gasteiger partial charge in [-0.05, 0) is 37.6 Å². The van der Waals surface area contributed by atoms with Gasteiger partial charge in [-0.1, -0.05) is 11.6 Å². The molecule has 0 saturated heterocycles. The van der Waals surface area contributed by atoms with Gasteiger partial charge in [-0.3, -0.25) is 0 Å². The Kier molecular flexibility index (Phi) is 2.66. The Labute approximate surface area is 89.2 Å². The molecule has 0 saturated carbocycles. The van der Waals surface area contributed by atoms with Gasteiger partial charge in [0.2, 0.25) is 0 Å². The minimum atomic E-state index is 0.321. The summed E-state index contributed by atoms with van der Waals surface area (Å²) < 4.78 is 5.33. The van der Waals surface area contributed by atoms with Crippen LogP contribution in [0.15, 0.2) is 12.1 Å². The third-order valence-corrected chi connectivity index (χ3v) is 3.07. The van der Waals surface area contributed by atoms with Gasteiger partial charge >= 0.3 is 0 Å². The van der Waals surface area contributed by atoms with E-state index in [2.05, 4.69) is 12.2 Å². The van der Waals surface area contributed by atoms with Crippen LogP contribution in [0.4, 0.5) is 0 Å². The number of hydrogen-bond donors (Lipinski definition) is 1. The average molecular weight is 212 g/mol. The maximum atomic E-state index is 6.17. The van der Waals surface area contributed by atoms with E-state index in [1.165, 1.54) is 11.1 Å². The number of ether oxygens (including phenoxy) is 1. The van der Waals surface area contributed by atoms with Gasteiger partial charge in [0.25, 0.3) is 0 Å². The average Bonchev–Trinajstić information content (AvgIpc) is 2.18. The summed E-state index contributed by atoms with van der Waals surface area (Å²) in [5, 5.41) is 4.22. The number of nitrogens with one attached hydrogen (secondary N) is 1. The Morgan fingerprint density at radius 2 is 2.29 bits per heavy atom. The zero-order chi connectivity index (χ0) is 10.1. The van der Waals surface area contributed by atoms with E-state index in [-0.39, 0.29) is 0 Å². The highest BCUT2D eigenvalue weighted by Crippen LogP contribution is 2.35. The van der Waals surface area contributed by atoms with Crippen LogP contribution in [0.3, 0.4) is 0 Å². The quantitative estimate of drug-likeness (QED) is 0.771. The molecule has 1 N–H and O–H groups in total. The first-order valence-corrected chi connectivity index (χ1v) is 5.20. The van der Waals surface area contributed by atoms with E-state index in [0.29, 0.717) is 6.04 Å². The van der Waals surface area contributed by atoms with E-state index in [9.17, 15) is 0 Å². The monoisotopic (exact) mass is 211 g/mol. The van der Waals surface area contributed by atoms with Crippen molar-refractivity contribution in [2.45, 2.75) is 19.4 Å². The second-order valence-corrected chi connectivity index (χ2v) is 3.97. The van der Waals surface area contributed by atoms with Gasteiger partial charge in [-0.15, -0.1) is 0 Å². The Hall–Kier alpha value is -0.730. The lowest BCUT2D eigenvalue weighted by molar-refractivity contribution is 0.402. The van der Waals surface area contributed by atoms with E-state index >= 15 is 0 Å². The molecule has 0 aliphatic carbocycles. The number of methoxy groups -OCH3 is 1. The summed E-state index contributed by atoms with van der Waals surface area (Å²) in [5.74, 6) is 0.956. The van der Waals surface area contributed by atoms with Crippen molar-refractivity contribution in [3.63, 3.8) is 0 Å². The summed E-state index contributed by atoms with van der Waals surface area (Å²) in [6.07, 6.45) is 0.989. The molecule has 14 heavy (non-hydrogen) atoms. The van der Waals surface area contributed by atoms with Crippen molar-refractivity contribution < 1.29 is 4.74 Å². The zero-order valence-electron chi connectivity index (χ0n) is 8.43. The SMILES string of the molecule is COc1ccc(Cl)c2c1CCN[C@@H]2C. The molecule has 0 bridgehead atoms. The second kappa shape index (κ2) is 3.79. The van der Waals surface area contributed by atoms with Crippen molar-refractivity contribution in [1.82, 2.24) is 5.32 Å². The summed E-state index contributed by atoms with van der Waals surface area (Å²) in [7, 11) is 1.70. The van der Waals surface area contributed by atoms with Crippen LogP contribution in [0.5, 0.6) is 5.75 Å².